The van der Waals surface area contributed by atoms with Crippen molar-refractivity contribution in [1.82, 2.24) is 0 Å². The molecule has 0 bridgehead atoms. The SMILES string of the molecule is NC(CCCC(Oc1ccc(C(F)(F)c2ccc(F)c(Cl)c2)cc1)c1ccccc1)C(=O)O. The second-order valence-electron chi connectivity index (χ2n) is 7.62. The quantitative estimate of drug-likeness (QED) is 0.358. The van der Waals surface area contributed by atoms with Gasteiger partial charge in [-0.1, -0.05) is 41.9 Å². The largest absolute Gasteiger partial charge is 0.486 e. The van der Waals surface area contributed by atoms with Crippen molar-refractivity contribution in [3.05, 3.63) is 100 Å². The average Bonchev–Trinajstić information content (AvgIpc) is 2.80. The van der Waals surface area contributed by atoms with Crippen LogP contribution >= 0.6 is 11.6 Å². The van der Waals surface area contributed by atoms with E-state index in [2.05, 4.69) is 0 Å². The summed E-state index contributed by atoms with van der Waals surface area (Å²) in [7, 11) is 0. The van der Waals surface area contributed by atoms with Gasteiger partial charge in [-0.2, -0.15) is 8.78 Å². The first kappa shape index (κ1) is 24.6. The molecule has 0 saturated carbocycles. The summed E-state index contributed by atoms with van der Waals surface area (Å²) in [5.41, 5.74) is 5.74. The lowest BCUT2D eigenvalue weighted by atomic mass is 10.00. The number of carboxylic acids is 1. The lowest BCUT2D eigenvalue weighted by molar-refractivity contribution is -0.138. The fourth-order valence-electron chi connectivity index (χ4n) is 3.37. The molecular weight excluding hydrogens is 455 g/mol. The van der Waals surface area contributed by atoms with Crippen LogP contribution in [0.5, 0.6) is 5.75 Å². The van der Waals surface area contributed by atoms with E-state index in [0.717, 1.165) is 23.8 Å². The Kier molecular flexibility index (Phi) is 8.00. The van der Waals surface area contributed by atoms with Crippen molar-refractivity contribution in [3.63, 3.8) is 0 Å². The van der Waals surface area contributed by atoms with Gasteiger partial charge in [0.1, 0.15) is 23.7 Å². The molecule has 0 heterocycles. The minimum absolute atomic E-state index is 0.285. The maximum atomic E-state index is 14.9. The van der Waals surface area contributed by atoms with E-state index in [0.29, 0.717) is 18.6 Å². The molecule has 2 unspecified atom stereocenters. The number of alkyl halides is 2. The van der Waals surface area contributed by atoms with Crippen LogP contribution in [0.2, 0.25) is 5.02 Å². The first-order valence-electron chi connectivity index (χ1n) is 10.3. The Morgan fingerprint density at radius 1 is 1.00 bits per heavy atom. The molecule has 2 atom stereocenters. The summed E-state index contributed by atoms with van der Waals surface area (Å²) in [6, 6.07) is 16.5. The molecule has 0 aliphatic heterocycles. The van der Waals surface area contributed by atoms with Crippen LogP contribution < -0.4 is 10.5 Å². The van der Waals surface area contributed by atoms with Gasteiger partial charge in [0.05, 0.1) is 5.02 Å². The summed E-state index contributed by atoms with van der Waals surface area (Å²) in [6.07, 6.45) is 0.883. The molecule has 3 aromatic rings. The molecule has 0 aromatic heterocycles. The van der Waals surface area contributed by atoms with Crippen molar-refractivity contribution in [2.45, 2.75) is 37.3 Å². The number of benzene rings is 3. The second kappa shape index (κ2) is 10.7. The molecule has 0 spiro atoms. The Morgan fingerprint density at radius 2 is 1.64 bits per heavy atom. The van der Waals surface area contributed by atoms with Crippen molar-refractivity contribution >= 4 is 17.6 Å². The zero-order valence-corrected chi connectivity index (χ0v) is 18.3. The number of rotatable bonds is 10. The number of ether oxygens (including phenoxy) is 1. The molecule has 174 valence electrons. The molecule has 0 aliphatic rings. The topological polar surface area (TPSA) is 72.5 Å². The van der Waals surface area contributed by atoms with E-state index in [4.69, 9.17) is 27.2 Å². The van der Waals surface area contributed by atoms with E-state index < -0.39 is 35.4 Å². The number of nitrogens with two attached hydrogens (primary N) is 1. The van der Waals surface area contributed by atoms with Crippen LogP contribution in [0.15, 0.2) is 72.8 Å². The molecule has 0 aliphatic carbocycles. The third-order valence-corrected chi connectivity index (χ3v) is 5.54. The molecule has 3 aromatic carbocycles. The smallest absolute Gasteiger partial charge is 0.320 e. The maximum Gasteiger partial charge on any atom is 0.320 e. The molecule has 3 N–H and O–H groups in total. The van der Waals surface area contributed by atoms with Gasteiger partial charge in [-0.3, -0.25) is 4.79 Å². The van der Waals surface area contributed by atoms with Gasteiger partial charge in [-0.25, -0.2) is 4.39 Å². The summed E-state index contributed by atoms with van der Waals surface area (Å²) in [5, 5.41) is 8.58. The van der Waals surface area contributed by atoms with Crippen LogP contribution in [0.1, 0.15) is 42.1 Å². The van der Waals surface area contributed by atoms with Crippen molar-refractivity contribution in [3.8, 4) is 5.75 Å². The van der Waals surface area contributed by atoms with Crippen molar-refractivity contribution in [2.24, 2.45) is 5.73 Å². The van der Waals surface area contributed by atoms with Crippen molar-refractivity contribution in [2.75, 3.05) is 0 Å². The molecule has 0 saturated heterocycles. The summed E-state index contributed by atoms with van der Waals surface area (Å²) >= 11 is 5.66. The van der Waals surface area contributed by atoms with Crippen LogP contribution in [0.4, 0.5) is 13.2 Å². The number of halogens is 4. The van der Waals surface area contributed by atoms with Crippen LogP contribution in [0.3, 0.4) is 0 Å². The van der Waals surface area contributed by atoms with E-state index in [1.165, 1.54) is 24.3 Å². The van der Waals surface area contributed by atoms with Gasteiger partial charge in [0.25, 0.3) is 5.92 Å². The summed E-state index contributed by atoms with van der Waals surface area (Å²) in [6.45, 7) is 0. The highest BCUT2D eigenvalue weighted by Crippen LogP contribution is 2.38. The molecule has 0 amide bonds. The number of hydrogen-bond donors (Lipinski definition) is 2. The van der Waals surface area contributed by atoms with Gasteiger partial charge >= 0.3 is 5.97 Å². The minimum atomic E-state index is -3.37. The van der Waals surface area contributed by atoms with Crippen LogP contribution in [0, 0.1) is 5.82 Å². The number of hydrogen-bond acceptors (Lipinski definition) is 3. The first-order valence-corrected chi connectivity index (χ1v) is 10.7. The fourth-order valence-corrected chi connectivity index (χ4v) is 3.55. The van der Waals surface area contributed by atoms with E-state index >= 15 is 0 Å². The Labute approximate surface area is 194 Å². The predicted molar refractivity (Wildman–Crippen MR) is 120 cm³/mol. The van der Waals surface area contributed by atoms with E-state index in [9.17, 15) is 18.0 Å². The third kappa shape index (κ3) is 6.27. The standard InChI is InChI=1S/C25H23ClF3NO3/c26-20-15-18(11-14-21(20)27)25(28,29)17-9-12-19(13-10-17)33-23(16-5-2-1-3-6-16)8-4-7-22(30)24(31)32/h1-3,5-6,9-15,22-23H,4,7-8,30H2,(H,31,32). The van der Waals surface area contributed by atoms with Gasteiger partial charge in [0.15, 0.2) is 0 Å². The van der Waals surface area contributed by atoms with Crippen molar-refractivity contribution in [1.29, 1.82) is 0 Å². The maximum absolute atomic E-state index is 14.9. The fraction of sp³-hybridized carbons (Fsp3) is 0.240. The molecule has 3 rings (SSSR count). The van der Waals surface area contributed by atoms with Gasteiger partial charge in [-0.05, 0) is 67.3 Å². The van der Waals surface area contributed by atoms with Gasteiger partial charge < -0.3 is 15.6 Å². The first-order chi connectivity index (χ1) is 15.7. The van der Waals surface area contributed by atoms with Gasteiger partial charge in [-0.15, -0.1) is 0 Å². The molecule has 8 heteroatoms. The minimum Gasteiger partial charge on any atom is -0.486 e. The molecular formula is C25H23ClF3NO3. The Morgan fingerprint density at radius 3 is 2.24 bits per heavy atom. The number of carboxylic acid groups (broad SMARTS) is 1. The molecule has 33 heavy (non-hydrogen) atoms. The molecule has 0 radical (unpaired) electrons. The van der Waals surface area contributed by atoms with Crippen LogP contribution in [0.25, 0.3) is 0 Å². The Balaban J connectivity index is 1.75. The Hall–Kier alpha value is -3.03. The van der Waals surface area contributed by atoms with Crippen LogP contribution in [-0.2, 0) is 10.7 Å². The van der Waals surface area contributed by atoms with E-state index in [1.54, 1.807) is 0 Å². The monoisotopic (exact) mass is 477 g/mol. The zero-order valence-electron chi connectivity index (χ0n) is 17.6. The highest BCUT2D eigenvalue weighted by molar-refractivity contribution is 6.30. The second-order valence-corrected chi connectivity index (χ2v) is 8.03. The predicted octanol–water partition coefficient (Wildman–Crippen LogP) is 6.32. The average molecular weight is 478 g/mol. The van der Waals surface area contributed by atoms with E-state index in [-0.39, 0.29) is 17.0 Å². The van der Waals surface area contributed by atoms with E-state index in [1.807, 2.05) is 30.3 Å². The van der Waals surface area contributed by atoms with Crippen molar-refractivity contribution < 1.29 is 27.8 Å². The molecule has 4 nitrogen and oxygen atoms in total. The van der Waals surface area contributed by atoms with Gasteiger partial charge in [0, 0.05) is 11.1 Å². The molecule has 0 fully saturated rings. The highest BCUT2D eigenvalue weighted by Gasteiger charge is 2.34. The normalized spacial score (nSPS) is 13.4. The highest BCUT2D eigenvalue weighted by atomic mass is 35.5. The third-order valence-electron chi connectivity index (χ3n) is 5.25. The lowest BCUT2D eigenvalue weighted by Gasteiger charge is -2.21. The zero-order chi connectivity index (χ0) is 24.0. The summed E-state index contributed by atoms with van der Waals surface area (Å²) in [5.74, 6) is -4.83. The van der Waals surface area contributed by atoms with Gasteiger partial charge in [0.2, 0.25) is 0 Å². The summed E-state index contributed by atoms with van der Waals surface area (Å²) in [4.78, 5) is 10.9. The number of aliphatic carboxylic acids is 1. The lowest BCUT2D eigenvalue weighted by Crippen LogP contribution is -2.29. The number of carbonyl (C=O) groups is 1. The summed E-state index contributed by atoms with van der Waals surface area (Å²) < 4.78 is 49.2. The van der Waals surface area contributed by atoms with Crippen LogP contribution in [-0.4, -0.2) is 17.1 Å². The Bertz CT molecular complexity index is 1080.